The van der Waals surface area contributed by atoms with E-state index in [2.05, 4.69) is 45.2 Å². The summed E-state index contributed by atoms with van der Waals surface area (Å²) in [6.45, 7) is 5.78. The Kier molecular flexibility index (Phi) is 7.61. The summed E-state index contributed by atoms with van der Waals surface area (Å²) in [6, 6.07) is 6.59. The van der Waals surface area contributed by atoms with Gasteiger partial charge in [-0.15, -0.1) is 0 Å². The van der Waals surface area contributed by atoms with Crippen molar-refractivity contribution in [3.05, 3.63) is 23.8 Å². The summed E-state index contributed by atoms with van der Waals surface area (Å²) in [5, 5.41) is 3.62. The van der Waals surface area contributed by atoms with Crippen LogP contribution in [0, 0.1) is 5.92 Å². The highest BCUT2D eigenvalue weighted by atomic mass is 16.5. The van der Waals surface area contributed by atoms with E-state index in [1.807, 2.05) is 19.2 Å². The zero-order chi connectivity index (χ0) is 20.8. The highest BCUT2D eigenvalue weighted by Crippen LogP contribution is 2.34. The molecule has 3 rings (SSSR count). The van der Waals surface area contributed by atoms with E-state index in [0.717, 1.165) is 62.6 Å². The number of guanidine groups is 1. The normalized spacial score (nSPS) is 19.4. The van der Waals surface area contributed by atoms with Crippen molar-refractivity contribution in [2.45, 2.75) is 25.4 Å². The molecule has 7 heteroatoms. The van der Waals surface area contributed by atoms with Gasteiger partial charge in [0.25, 0.3) is 0 Å². The molecule has 7 nitrogen and oxygen atoms in total. The number of nitrogens with one attached hydrogen (secondary N) is 1. The number of ether oxygens (including phenoxy) is 2. The molecule has 1 aliphatic carbocycles. The lowest BCUT2D eigenvalue weighted by atomic mass is 10.1. The Balaban J connectivity index is 1.51. The standard InChI is InChI=1S/C22H37N5O2/c1-23-22(24-15-20(25(2)3)17-6-7-17)27-12-10-26(11-13-27)16-18-14-19(28-4)8-9-21(18)29-5/h8-9,14,17,20H,6-7,10-13,15-16H2,1-5H3,(H,23,24). The first-order valence-corrected chi connectivity index (χ1v) is 10.6. The number of likely N-dealkylation sites (N-methyl/N-ethyl adjacent to an activating group) is 1. The summed E-state index contributed by atoms with van der Waals surface area (Å²) >= 11 is 0. The van der Waals surface area contributed by atoms with Gasteiger partial charge in [-0.25, -0.2) is 0 Å². The monoisotopic (exact) mass is 403 g/mol. The van der Waals surface area contributed by atoms with E-state index < -0.39 is 0 Å². The highest BCUT2D eigenvalue weighted by molar-refractivity contribution is 5.80. The van der Waals surface area contributed by atoms with Crippen molar-refractivity contribution in [3.63, 3.8) is 0 Å². The first-order chi connectivity index (χ1) is 14.0. The number of aliphatic imine (C=N–C) groups is 1. The molecule has 1 atom stereocenters. The molecule has 1 heterocycles. The second-order valence-electron chi connectivity index (χ2n) is 8.24. The van der Waals surface area contributed by atoms with Gasteiger partial charge in [-0.3, -0.25) is 9.89 Å². The lowest BCUT2D eigenvalue weighted by Crippen LogP contribution is -2.54. The molecule has 0 bridgehead atoms. The van der Waals surface area contributed by atoms with E-state index in [-0.39, 0.29) is 0 Å². The summed E-state index contributed by atoms with van der Waals surface area (Å²) < 4.78 is 10.9. The average molecular weight is 404 g/mol. The minimum atomic E-state index is 0.591. The zero-order valence-corrected chi connectivity index (χ0v) is 18.6. The van der Waals surface area contributed by atoms with E-state index in [9.17, 15) is 0 Å². The quantitative estimate of drug-likeness (QED) is 0.527. The van der Waals surface area contributed by atoms with Crippen molar-refractivity contribution in [3.8, 4) is 11.5 Å². The number of hydrogen-bond acceptors (Lipinski definition) is 5. The van der Waals surface area contributed by atoms with Crippen LogP contribution in [0.5, 0.6) is 11.5 Å². The third-order valence-electron chi connectivity index (χ3n) is 6.06. The molecular weight excluding hydrogens is 366 g/mol. The van der Waals surface area contributed by atoms with Crippen LogP contribution >= 0.6 is 0 Å². The van der Waals surface area contributed by atoms with Crippen LogP contribution in [0.1, 0.15) is 18.4 Å². The molecular formula is C22H37N5O2. The number of rotatable bonds is 8. The Morgan fingerprint density at radius 3 is 2.45 bits per heavy atom. The average Bonchev–Trinajstić information content (AvgIpc) is 3.57. The zero-order valence-electron chi connectivity index (χ0n) is 18.6. The van der Waals surface area contributed by atoms with Gasteiger partial charge in [0.1, 0.15) is 11.5 Å². The number of benzene rings is 1. The number of methoxy groups -OCH3 is 2. The lowest BCUT2D eigenvalue weighted by molar-refractivity contribution is 0.169. The summed E-state index contributed by atoms with van der Waals surface area (Å²) in [5.74, 6) is 3.65. The van der Waals surface area contributed by atoms with Crippen LogP contribution in [0.2, 0.25) is 0 Å². The fourth-order valence-corrected chi connectivity index (χ4v) is 4.14. The largest absolute Gasteiger partial charge is 0.497 e. The van der Waals surface area contributed by atoms with Crippen LogP contribution in [-0.2, 0) is 6.54 Å². The van der Waals surface area contributed by atoms with E-state index in [0.29, 0.717) is 6.04 Å². The Bertz CT molecular complexity index is 680. The third kappa shape index (κ3) is 5.76. The fraction of sp³-hybridized carbons (Fsp3) is 0.682. The molecule has 1 aliphatic heterocycles. The molecule has 1 unspecified atom stereocenters. The van der Waals surface area contributed by atoms with Crippen LogP contribution in [-0.4, -0.2) is 94.8 Å². The molecule has 29 heavy (non-hydrogen) atoms. The summed E-state index contributed by atoms with van der Waals surface area (Å²) in [5.41, 5.74) is 1.17. The summed E-state index contributed by atoms with van der Waals surface area (Å²) in [6.07, 6.45) is 2.71. The second kappa shape index (κ2) is 10.2. The third-order valence-corrected chi connectivity index (χ3v) is 6.06. The lowest BCUT2D eigenvalue weighted by Gasteiger charge is -2.37. The first-order valence-electron chi connectivity index (χ1n) is 10.6. The molecule has 0 aromatic heterocycles. The number of nitrogens with zero attached hydrogens (tertiary/aromatic N) is 4. The smallest absolute Gasteiger partial charge is 0.193 e. The van der Waals surface area contributed by atoms with E-state index in [4.69, 9.17) is 9.47 Å². The van der Waals surface area contributed by atoms with E-state index in [1.165, 1.54) is 18.4 Å². The minimum absolute atomic E-state index is 0.591. The molecule has 1 saturated carbocycles. The Labute approximate surface area is 175 Å². The Hall–Kier alpha value is -1.99. The van der Waals surface area contributed by atoms with E-state index in [1.54, 1.807) is 14.2 Å². The van der Waals surface area contributed by atoms with Crippen LogP contribution in [0.25, 0.3) is 0 Å². The maximum Gasteiger partial charge on any atom is 0.193 e. The molecule has 1 saturated heterocycles. The topological polar surface area (TPSA) is 52.6 Å². The van der Waals surface area contributed by atoms with Crippen LogP contribution < -0.4 is 14.8 Å². The van der Waals surface area contributed by atoms with Gasteiger partial charge in [-0.05, 0) is 51.1 Å². The second-order valence-corrected chi connectivity index (χ2v) is 8.24. The molecule has 2 fully saturated rings. The van der Waals surface area contributed by atoms with Crippen molar-refractivity contribution >= 4 is 5.96 Å². The predicted octanol–water partition coefficient (Wildman–Crippen LogP) is 1.74. The molecule has 0 spiro atoms. The van der Waals surface area contributed by atoms with Crippen LogP contribution in [0.15, 0.2) is 23.2 Å². The van der Waals surface area contributed by atoms with Gasteiger partial charge in [0, 0.05) is 57.9 Å². The van der Waals surface area contributed by atoms with Crippen LogP contribution in [0.3, 0.4) is 0 Å². The van der Waals surface area contributed by atoms with Gasteiger partial charge in [0.05, 0.1) is 14.2 Å². The first kappa shape index (κ1) is 21.7. The predicted molar refractivity (Wildman–Crippen MR) is 118 cm³/mol. The fourth-order valence-electron chi connectivity index (χ4n) is 4.14. The van der Waals surface area contributed by atoms with Crippen molar-refractivity contribution in [2.75, 3.05) is 68.1 Å². The molecule has 162 valence electrons. The van der Waals surface area contributed by atoms with Gasteiger partial charge in [-0.1, -0.05) is 0 Å². The van der Waals surface area contributed by atoms with Crippen LogP contribution in [0.4, 0.5) is 0 Å². The van der Waals surface area contributed by atoms with Crippen molar-refractivity contribution < 1.29 is 9.47 Å². The maximum atomic E-state index is 5.54. The minimum Gasteiger partial charge on any atom is -0.497 e. The SMILES string of the molecule is CN=C(NCC(C1CC1)N(C)C)N1CCN(Cc2cc(OC)ccc2OC)CC1. The molecule has 0 radical (unpaired) electrons. The molecule has 2 aliphatic rings. The van der Waals surface area contributed by atoms with Gasteiger partial charge in [0.15, 0.2) is 5.96 Å². The van der Waals surface area contributed by atoms with E-state index >= 15 is 0 Å². The Morgan fingerprint density at radius 2 is 1.90 bits per heavy atom. The molecule has 1 N–H and O–H groups in total. The molecule has 0 amide bonds. The van der Waals surface area contributed by atoms with Crippen molar-refractivity contribution in [1.82, 2.24) is 20.0 Å². The number of hydrogen-bond donors (Lipinski definition) is 1. The molecule has 1 aromatic carbocycles. The van der Waals surface area contributed by atoms with Crippen molar-refractivity contribution in [2.24, 2.45) is 10.9 Å². The maximum absolute atomic E-state index is 5.54. The van der Waals surface area contributed by atoms with Crippen molar-refractivity contribution in [1.29, 1.82) is 0 Å². The molecule has 1 aromatic rings. The van der Waals surface area contributed by atoms with Gasteiger partial charge < -0.3 is 24.6 Å². The number of piperazine rings is 1. The van der Waals surface area contributed by atoms with Gasteiger partial charge in [0.2, 0.25) is 0 Å². The summed E-state index contributed by atoms with van der Waals surface area (Å²) in [4.78, 5) is 11.7. The highest BCUT2D eigenvalue weighted by Gasteiger charge is 2.33. The summed E-state index contributed by atoms with van der Waals surface area (Å²) in [7, 11) is 9.67. The van der Waals surface area contributed by atoms with Gasteiger partial charge >= 0.3 is 0 Å². The van der Waals surface area contributed by atoms with Gasteiger partial charge in [-0.2, -0.15) is 0 Å². The Morgan fingerprint density at radius 1 is 1.17 bits per heavy atom.